The minimum absolute atomic E-state index is 0.860. The molecule has 2 aromatic carbocycles. The van der Waals surface area contributed by atoms with Crippen LogP contribution >= 0.6 is 23.1 Å². The zero-order valence-electron chi connectivity index (χ0n) is 14.6. The first kappa shape index (κ1) is 17.1. The van der Waals surface area contributed by atoms with E-state index in [9.17, 15) is 0 Å². The smallest absolute Gasteiger partial charge is 0.128 e. The lowest BCUT2D eigenvalue weighted by Gasteiger charge is -2.08. The first-order chi connectivity index (χ1) is 12.8. The molecule has 0 N–H and O–H groups in total. The standard InChI is InChI=1S/C21H18N2OS2/c1-14-5-3-4-6-16(14)11-25-20-19-18(12-26-21(19)23-13-22-20)15-7-9-17(24-2)10-8-15/h3-10,12-13H,11H2,1-2H3. The quantitative estimate of drug-likeness (QED) is 0.317. The highest BCUT2D eigenvalue weighted by atomic mass is 32.2. The molecule has 0 atom stereocenters. The lowest BCUT2D eigenvalue weighted by Crippen LogP contribution is -1.89. The van der Waals surface area contributed by atoms with Crippen LogP contribution in [-0.4, -0.2) is 17.1 Å². The molecule has 0 aliphatic rings. The molecule has 0 aliphatic heterocycles. The lowest BCUT2D eigenvalue weighted by molar-refractivity contribution is 0.415. The SMILES string of the molecule is COc1ccc(-c2csc3ncnc(SCc4ccccc4C)c23)cc1. The van der Waals surface area contributed by atoms with E-state index in [4.69, 9.17) is 4.74 Å². The number of aromatic nitrogens is 2. The van der Waals surface area contributed by atoms with Crippen LogP contribution in [0, 0.1) is 6.92 Å². The predicted molar refractivity (Wildman–Crippen MR) is 110 cm³/mol. The lowest BCUT2D eigenvalue weighted by atomic mass is 10.1. The summed E-state index contributed by atoms with van der Waals surface area (Å²) < 4.78 is 5.27. The largest absolute Gasteiger partial charge is 0.497 e. The number of aryl methyl sites for hydroxylation is 1. The number of fused-ring (bicyclic) bond motifs is 1. The molecule has 0 radical (unpaired) electrons. The van der Waals surface area contributed by atoms with Gasteiger partial charge in [0.15, 0.2) is 0 Å². The van der Waals surface area contributed by atoms with Gasteiger partial charge in [0.05, 0.1) is 12.5 Å². The van der Waals surface area contributed by atoms with Crippen LogP contribution in [0.4, 0.5) is 0 Å². The number of nitrogens with zero attached hydrogens (tertiary/aromatic N) is 2. The Morgan fingerprint density at radius 3 is 2.62 bits per heavy atom. The van der Waals surface area contributed by atoms with E-state index in [1.807, 2.05) is 12.1 Å². The number of benzene rings is 2. The fraction of sp³-hybridized carbons (Fsp3) is 0.143. The number of ether oxygens (including phenoxy) is 1. The molecule has 0 amide bonds. The van der Waals surface area contributed by atoms with Gasteiger partial charge in [0.1, 0.15) is 21.9 Å². The van der Waals surface area contributed by atoms with Gasteiger partial charge < -0.3 is 4.74 Å². The fourth-order valence-corrected chi connectivity index (χ4v) is 4.93. The number of rotatable bonds is 5. The molecule has 4 aromatic rings. The van der Waals surface area contributed by atoms with Crippen LogP contribution in [0.1, 0.15) is 11.1 Å². The van der Waals surface area contributed by atoms with E-state index in [1.165, 1.54) is 16.7 Å². The fourth-order valence-electron chi connectivity index (χ4n) is 2.86. The van der Waals surface area contributed by atoms with E-state index in [0.29, 0.717) is 0 Å². The van der Waals surface area contributed by atoms with Crippen LogP contribution in [0.5, 0.6) is 5.75 Å². The van der Waals surface area contributed by atoms with Crippen LogP contribution in [0.15, 0.2) is 65.3 Å². The predicted octanol–water partition coefficient (Wildman–Crippen LogP) is 5.97. The maximum Gasteiger partial charge on any atom is 0.128 e. The van der Waals surface area contributed by atoms with E-state index < -0.39 is 0 Å². The Balaban J connectivity index is 1.71. The third-order valence-corrected chi connectivity index (χ3v) is 6.29. The molecule has 0 saturated carbocycles. The normalized spacial score (nSPS) is 11.0. The second kappa shape index (κ2) is 7.48. The topological polar surface area (TPSA) is 35.0 Å². The summed E-state index contributed by atoms with van der Waals surface area (Å²) in [6.45, 7) is 2.15. The van der Waals surface area contributed by atoms with Gasteiger partial charge in [-0.15, -0.1) is 23.1 Å². The molecule has 0 aliphatic carbocycles. The second-order valence-electron chi connectivity index (χ2n) is 5.95. The van der Waals surface area contributed by atoms with E-state index in [2.05, 4.69) is 58.7 Å². The van der Waals surface area contributed by atoms with Crippen molar-refractivity contribution in [3.63, 3.8) is 0 Å². The van der Waals surface area contributed by atoms with Gasteiger partial charge in [0.2, 0.25) is 0 Å². The monoisotopic (exact) mass is 378 g/mol. The van der Waals surface area contributed by atoms with Gasteiger partial charge >= 0.3 is 0 Å². The minimum atomic E-state index is 0.860. The van der Waals surface area contributed by atoms with Gasteiger partial charge in [-0.05, 0) is 35.7 Å². The maximum atomic E-state index is 5.27. The van der Waals surface area contributed by atoms with Crippen LogP contribution in [-0.2, 0) is 5.75 Å². The Labute approximate surface area is 161 Å². The van der Waals surface area contributed by atoms with Crippen molar-refractivity contribution in [2.24, 2.45) is 0 Å². The van der Waals surface area contributed by atoms with Crippen molar-refractivity contribution in [3.8, 4) is 16.9 Å². The van der Waals surface area contributed by atoms with Gasteiger partial charge in [-0.2, -0.15) is 0 Å². The van der Waals surface area contributed by atoms with Crippen molar-refractivity contribution in [2.75, 3.05) is 7.11 Å². The molecule has 5 heteroatoms. The molecule has 0 saturated heterocycles. The number of thioether (sulfide) groups is 1. The summed E-state index contributed by atoms with van der Waals surface area (Å²) >= 11 is 3.43. The van der Waals surface area contributed by atoms with Crippen LogP contribution < -0.4 is 4.74 Å². The average Bonchev–Trinajstić information content (AvgIpc) is 3.12. The molecule has 2 aromatic heterocycles. The molecule has 0 bridgehead atoms. The molecule has 0 fully saturated rings. The van der Waals surface area contributed by atoms with Crippen LogP contribution in [0.25, 0.3) is 21.3 Å². The van der Waals surface area contributed by atoms with Crippen LogP contribution in [0.2, 0.25) is 0 Å². The highest BCUT2D eigenvalue weighted by Crippen LogP contribution is 2.39. The first-order valence-electron chi connectivity index (χ1n) is 8.30. The van der Waals surface area contributed by atoms with Crippen molar-refractivity contribution in [1.29, 1.82) is 0 Å². The minimum Gasteiger partial charge on any atom is -0.497 e. The number of hydrogen-bond acceptors (Lipinski definition) is 5. The summed E-state index contributed by atoms with van der Waals surface area (Å²) in [5.74, 6) is 1.76. The third-order valence-electron chi connectivity index (χ3n) is 4.36. The van der Waals surface area contributed by atoms with Gasteiger partial charge in [-0.1, -0.05) is 36.4 Å². The molecule has 0 spiro atoms. The molecule has 0 unspecified atom stereocenters. The summed E-state index contributed by atoms with van der Waals surface area (Å²) in [5.41, 5.74) is 4.99. The van der Waals surface area contributed by atoms with Gasteiger partial charge in [0, 0.05) is 16.7 Å². The molecule has 130 valence electrons. The zero-order chi connectivity index (χ0) is 17.9. The van der Waals surface area contributed by atoms with E-state index >= 15 is 0 Å². The Morgan fingerprint density at radius 1 is 1.04 bits per heavy atom. The van der Waals surface area contributed by atoms with Crippen molar-refractivity contribution in [2.45, 2.75) is 17.7 Å². The summed E-state index contributed by atoms with van der Waals surface area (Å²) in [6.07, 6.45) is 1.66. The number of hydrogen-bond donors (Lipinski definition) is 0. The van der Waals surface area contributed by atoms with E-state index in [1.54, 1.807) is 36.5 Å². The van der Waals surface area contributed by atoms with Crippen molar-refractivity contribution in [3.05, 3.63) is 71.4 Å². The summed E-state index contributed by atoms with van der Waals surface area (Å²) in [5, 5.41) is 4.34. The second-order valence-corrected chi connectivity index (χ2v) is 7.77. The Hall–Kier alpha value is -2.37. The third kappa shape index (κ3) is 3.32. The zero-order valence-corrected chi connectivity index (χ0v) is 16.2. The van der Waals surface area contributed by atoms with Crippen molar-refractivity contribution < 1.29 is 4.74 Å². The number of methoxy groups -OCH3 is 1. The average molecular weight is 379 g/mol. The molecule has 2 heterocycles. The van der Waals surface area contributed by atoms with Gasteiger partial charge in [-0.3, -0.25) is 0 Å². The van der Waals surface area contributed by atoms with Crippen molar-refractivity contribution >= 4 is 33.3 Å². The Bertz CT molecular complexity index is 1040. The number of thiophene rings is 1. The molecular formula is C21H18N2OS2. The highest BCUT2D eigenvalue weighted by Gasteiger charge is 2.14. The Kier molecular flexibility index (Phi) is 4.91. The van der Waals surface area contributed by atoms with Gasteiger partial charge in [-0.25, -0.2) is 9.97 Å². The molecule has 3 nitrogen and oxygen atoms in total. The van der Waals surface area contributed by atoms with Crippen molar-refractivity contribution in [1.82, 2.24) is 9.97 Å². The molecule has 4 rings (SSSR count). The van der Waals surface area contributed by atoms with Gasteiger partial charge in [0.25, 0.3) is 0 Å². The van der Waals surface area contributed by atoms with E-state index in [0.717, 1.165) is 32.3 Å². The molecular weight excluding hydrogens is 360 g/mol. The van der Waals surface area contributed by atoms with E-state index in [-0.39, 0.29) is 0 Å². The summed E-state index contributed by atoms with van der Waals surface area (Å²) in [4.78, 5) is 10.1. The first-order valence-corrected chi connectivity index (χ1v) is 10.2. The highest BCUT2D eigenvalue weighted by molar-refractivity contribution is 7.98. The maximum absolute atomic E-state index is 5.27. The summed E-state index contributed by atoms with van der Waals surface area (Å²) in [6, 6.07) is 16.6. The van der Waals surface area contributed by atoms with Crippen LogP contribution in [0.3, 0.4) is 0 Å². The Morgan fingerprint density at radius 2 is 1.85 bits per heavy atom. The summed E-state index contributed by atoms with van der Waals surface area (Å²) in [7, 11) is 1.68. The molecule has 26 heavy (non-hydrogen) atoms.